The van der Waals surface area contributed by atoms with Crippen molar-refractivity contribution in [2.24, 2.45) is 0 Å². The fraction of sp³-hybridized carbons (Fsp3) is 0.105. The van der Waals surface area contributed by atoms with E-state index in [1.54, 1.807) is 42.5 Å². The van der Waals surface area contributed by atoms with Crippen LogP contribution < -0.4 is 4.74 Å². The van der Waals surface area contributed by atoms with Crippen LogP contribution in [0.3, 0.4) is 0 Å². The molecule has 0 saturated carbocycles. The zero-order valence-electron chi connectivity index (χ0n) is 12.2. The van der Waals surface area contributed by atoms with Crippen molar-refractivity contribution in [3.63, 3.8) is 0 Å². The number of benzene rings is 3. The standard InChI is InChI=1S/C19H16O3/c1-2-22-15-10-8-13-9-11-17(20)18(16(13)12-15)19(21)14-6-4-3-5-7-14/h3-12,20H,2H2,1H3. The van der Waals surface area contributed by atoms with E-state index in [2.05, 4.69) is 0 Å². The van der Waals surface area contributed by atoms with Crippen LogP contribution in [0.2, 0.25) is 0 Å². The van der Waals surface area contributed by atoms with E-state index in [4.69, 9.17) is 4.74 Å². The molecular weight excluding hydrogens is 276 g/mol. The Morgan fingerprint density at radius 2 is 1.77 bits per heavy atom. The Morgan fingerprint density at radius 3 is 2.50 bits per heavy atom. The van der Waals surface area contributed by atoms with Crippen LogP contribution in [0.1, 0.15) is 22.8 Å². The average molecular weight is 292 g/mol. The molecule has 0 heterocycles. The second-order valence-electron chi connectivity index (χ2n) is 4.97. The molecule has 0 amide bonds. The molecule has 0 aliphatic rings. The molecule has 0 radical (unpaired) electrons. The van der Waals surface area contributed by atoms with Gasteiger partial charge >= 0.3 is 0 Å². The van der Waals surface area contributed by atoms with Gasteiger partial charge in [-0.1, -0.05) is 42.5 Å². The van der Waals surface area contributed by atoms with Crippen molar-refractivity contribution in [1.29, 1.82) is 0 Å². The molecule has 0 aliphatic heterocycles. The molecule has 0 aliphatic carbocycles. The van der Waals surface area contributed by atoms with Gasteiger partial charge in [0.15, 0.2) is 5.78 Å². The maximum absolute atomic E-state index is 12.7. The van der Waals surface area contributed by atoms with Crippen LogP contribution in [0, 0.1) is 0 Å². The summed E-state index contributed by atoms with van der Waals surface area (Å²) in [6, 6.07) is 17.9. The van der Waals surface area contributed by atoms with Gasteiger partial charge in [0, 0.05) is 10.9 Å². The van der Waals surface area contributed by atoms with Crippen molar-refractivity contribution in [2.45, 2.75) is 6.92 Å². The van der Waals surface area contributed by atoms with Gasteiger partial charge in [0.2, 0.25) is 0 Å². The zero-order chi connectivity index (χ0) is 15.5. The average Bonchev–Trinajstić information content (AvgIpc) is 2.55. The number of hydrogen-bond acceptors (Lipinski definition) is 3. The predicted octanol–water partition coefficient (Wildman–Crippen LogP) is 4.18. The van der Waals surface area contributed by atoms with Gasteiger partial charge in [-0.2, -0.15) is 0 Å². The normalized spacial score (nSPS) is 10.6. The molecule has 22 heavy (non-hydrogen) atoms. The lowest BCUT2D eigenvalue weighted by molar-refractivity contribution is 0.103. The number of phenols is 1. The summed E-state index contributed by atoms with van der Waals surface area (Å²) >= 11 is 0. The van der Waals surface area contributed by atoms with Crippen molar-refractivity contribution in [3.8, 4) is 11.5 Å². The fourth-order valence-corrected chi connectivity index (χ4v) is 2.52. The van der Waals surface area contributed by atoms with Crippen LogP contribution in [-0.4, -0.2) is 17.5 Å². The van der Waals surface area contributed by atoms with Gasteiger partial charge in [0.05, 0.1) is 12.2 Å². The molecule has 0 aromatic heterocycles. The van der Waals surface area contributed by atoms with Gasteiger partial charge in [-0.15, -0.1) is 0 Å². The SMILES string of the molecule is CCOc1ccc2ccc(O)c(C(=O)c3ccccc3)c2c1. The van der Waals surface area contributed by atoms with Gasteiger partial charge in [-0.3, -0.25) is 4.79 Å². The topological polar surface area (TPSA) is 46.5 Å². The lowest BCUT2D eigenvalue weighted by atomic mass is 9.96. The Bertz CT molecular complexity index is 823. The highest BCUT2D eigenvalue weighted by atomic mass is 16.5. The third kappa shape index (κ3) is 2.53. The number of carbonyl (C=O) groups excluding carboxylic acids is 1. The predicted molar refractivity (Wildman–Crippen MR) is 86.7 cm³/mol. The first kappa shape index (κ1) is 14.1. The minimum atomic E-state index is -0.197. The summed E-state index contributed by atoms with van der Waals surface area (Å²) < 4.78 is 5.50. The fourth-order valence-electron chi connectivity index (χ4n) is 2.52. The van der Waals surface area contributed by atoms with Crippen molar-refractivity contribution in [1.82, 2.24) is 0 Å². The van der Waals surface area contributed by atoms with E-state index < -0.39 is 0 Å². The molecule has 0 unspecified atom stereocenters. The molecule has 3 rings (SSSR count). The summed E-state index contributed by atoms with van der Waals surface area (Å²) in [7, 11) is 0. The summed E-state index contributed by atoms with van der Waals surface area (Å²) in [4.78, 5) is 12.7. The number of rotatable bonds is 4. The van der Waals surface area contributed by atoms with Crippen molar-refractivity contribution in [2.75, 3.05) is 6.61 Å². The van der Waals surface area contributed by atoms with E-state index in [0.717, 1.165) is 5.39 Å². The Balaban J connectivity index is 2.20. The van der Waals surface area contributed by atoms with Crippen LogP contribution in [0.15, 0.2) is 60.7 Å². The Kier molecular flexibility index (Phi) is 3.79. The first-order chi connectivity index (χ1) is 10.7. The van der Waals surface area contributed by atoms with Crippen molar-refractivity contribution in [3.05, 3.63) is 71.8 Å². The number of carbonyl (C=O) groups is 1. The number of ketones is 1. The van der Waals surface area contributed by atoms with Crippen LogP contribution in [0.4, 0.5) is 0 Å². The smallest absolute Gasteiger partial charge is 0.197 e. The van der Waals surface area contributed by atoms with Crippen LogP contribution in [-0.2, 0) is 0 Å². The number of hydrogen-bond donors (Lipinski definition) is 1. The highest BCUT2D eigenvalue weighted by Crippen LogP contribution is 2.32. The number of fused-ring (bicyclic) bond motifs is 1. The first-order valence-electron chi connectivity index (χ1n) is 7.19. The van der Waals surface area contributed by atoms with Gasteiger partial charge in [0.25, 0.3) is 0 Å². The summed E-state index contributed by atoms with van der Waals surface area (Å²) in [5, 5.41) is 11.8. The third-order valence-corrected chi connectivity index (χ3v) is 3.55. The molecule has 3 nitrogen and oxygen atoms in total. The Hall–Kier alpha value is -2.81. The Labute approximate surface area is 128 Å². The van der Waals surface area contributed by atoms with Crippen molar-refractivity contribution < 1.29 is 14.6 Å². The van der Waals surface area contributed by atoms with Gasteiger partial charge in [-0.25, -0.2) is 0 Å². The Morgan fingerprint density at radius 1 is 1.05 bits per heavy atom. The lowest BCUT2D eigenvalue weighted by Crippen LogP contribution is -2.03. The molecule has 0 saturated heterocycles. The van der Waals surface area contributed by atoms with Gasteiger partial charge < -0.3 is 9.84 Å². The molecule has 0 spiro atoms. The van der Waals surface area contributed by atoms with Crippen LogP contribution in [0.25, 0.3) is 10.8 Å². The maximum Gasteiger partial charge on any atom is 0.197 e. The maximum atomic E-state index is 12.7. The molecular formula is C19H16O3. The van der Waals surface area contributed by atoms with Gasteiger partial charge in [0.1, 0.15) is 11.5 Å². The van der Waals surface area contributed by atoms with E-state index in [1.165, 1.54) is 0 Å². The summed E-state index contributed by atoms with van der Waals surface area (Å²) in [6.07, 6.45) is 0. The number of ether oxygens (including phenoxy) is 1. The molecule has 110 valence electrons. The van der Waals surface area contributed by atoms with E-state index in [0.29, 0.717) is 28.9 Å². The van der Waals surface area contributed by atoms with E-state index >= 15 is 0 Å². The van der Waals surface area contributed by atoms with Crippen LogP contribution >= 0.6 is 0 Å². The highest BCUT2D eigenvalue weighted by molar-refractivity contribution is 6.18. The quantitative estimate of drug-likeness (QED) is 0.734. The highest BCUT2D eigenvalue weighted by Gasteiger charge is 2.17. The monoisotopic (exact) mass is 292 g/mol. The third-order valence-electron chi connectivity index (χ3n) is 3.55. The summed E-state index contributed by atoms with van der Waals surface area (Å²) in [6.45, 7) is 2.45. The van der Waals surface area contributed by atoms with E-state index in [1.807, 2.05) is 25.1 Å². The van der Waals surface area contributed by atoms with Crippen LogP contribution in [0.5, 0.6) is 11.5 Å². The molecule has 3 heteroatoms. The summed E-state index contributed by atoms with van der Waals surface area (Å²) in [5.41, 5.74) is 0.859. The second-order valence-corrected chi connectivity index (χ2v) is 4.97. The minimum absolute atomic E-state index is 0.0185. The zero-order valence-corrected chi connectivity index (χ0v) is 12.2. The lowest BCUT2D eigenvalue weighted by Gasteiger charge is -2.10. The van der Waals surface area contributed by atoms with Gasteiger partial charge in [-0.05, 0) is 30.5 Å². The molecule has 0 bridgehead atoms. The summed E-state index contributed by atoms with van der Waals surface area (Å²) in [5.74, 6) is 0.468. The molecule has 0 fully saturated rings. The molecule has 3 aromatic carbocycles. The minimum Gasteiger partial charge on any atom is -0.507 e. The first-order valence-corrected chi connectivity index (χ1v) is 7.19. The number of phenolic OH excluding ortho intramolecular Hbond substituents is 1. The van der Waals surface area contributed by atoms with Crippen molar-refractivity contribution >= 4 is 16.6 Å². The molecule has 3 aromatic rings. The largest absolute Gasteiger partial charge is 0.507 e. The number of aromatic hydroxyl groups is 1. The molecule has 0 atom stereocenters. The van der Waals surface area contributed by atoms with E-state index in [-0.39, 0.29) is 11.5 Å². The van der Waals surface area contributed by atoms with E-state index in [9.17, 15) is 9.90 Å². The molecule has 1 N–H and O–H groups in total. The second kappa shape index (κ2) is 5.90.